The van der Waals surface area contributed by atoms with Crippen LogP contribution in [0.1, 0.15) is 31.9 Å². The van der Waals surface area contributed by atoms with Crippen LogP contribution in [0.25, 0.3) is 11.3 Å². The molecular formula is C16H23N3O. The Morgan fingerprint density at radius 1 is 1.25 bits per heavy atom. The third-order valence-electron chi connectivity index (χ3n) is 3.55. The second kappa shape index (κ2) is 4.85. The average Bonchev–Trinajstić information content (AvgIpc) is 2.67. The number of methoxy groups -OCH3 is 1. The van der Waals surface area contributed by atoms with E-state index in [0.29, 0.717) is 5.82 Å². The standard InChI is InChI=1S/C16H23N3O/c1-10-7-8-11(16(2,3)4)15(20-6)14(10)12-9-13(17)19(5)18-12/h7-9H,17H2,1-6H3. The van der Waals surface area contributed by atoms with E-state index in [0.717, 1.165) is 22.6 Å². The summed E-state index contributed by atoms with van der Waals surface area (Å²) in [7, 11) is 3.55. The molecule has 0 saturated carbocycles. The Labute approximate surface area is 120 Å². The number of benzene rings is 1. The normalized spacial score (nSPS) is 11.7. The lowest BCUT2D eigenvalue weighted by Gasteiger charge is -2.24. The van der Waals surface area contributed by atoms with Gasteiger partial charge in [0, 0.05) is 24.2 Å². The minimum atomic E-state index is 0.00805. The van der Waals surface area contributed by atoms with Gasteiger partial charge < -0.3 is 10.5 Å². The number of hydrogen-bond acceptors (Lipinski definition) is 3. The zero-order valence-electron chi connectivity index (χ0n) is 13.1. The first-order chi connectivity index (χ1) is 9.25. The van der Waals surface area contributed by atoms with Gasteiger partial charge in [-0.05, 0) is 17.9 Å². The van der Waals surface area contributed by atoms with Crippen molar-refractivity contribution in [2.75, 3.05) is 12.8 Å². The number of nitrogen functional groups attached to an aromatic ring is 1. The third kappa shape index (κ3) is 2.38. The van der Waals surface area contributed by atoms with E-state index in [9.17, 15) is 0 Å². The largest absolute Gasteiger partial charge is 0.496 e. The van der Waals surface area contributed by atoms with Crippen LogP contribution in [0, 0.1) is 6.92 Å². The fourth-order valence-electron chi connectivity index (χ4n) is 2.41. The maximum absolute atomic E-state index is 5.90. The molecule has 0 aliphatic carbocycles. The molecule has 4 nitrogen and oxygen atoms in total. The van der Waals surface area contributed by atoms with Crippen LogP contribution in [0.5, 0.6) is 5.75 Å². The summed E-state index contributed by atoms with van der Waals surface area (Å²) in [4.78, 5) is 0. The van der Waals surface area contributed by atoms with Crippen molar-refractivity contribution in [3.05, 3.63) is 29.3 Å². The molecule has 0 bridgehead atoms. The summed E-state index contributed by atoms with van der Waals surface area (Å²) in [5.41, 5.74) is 10.1. The SMILES string of the molecule is COc1c(C(C)(C)C)ccc(C)c1-c1cc(N)n(C)n1. The van der Waals surface area contributed by atoms with Crippen molar-refractivity contribution in [2.24, 2.45) is 7.05 Å². The Kier molecular flexibility index (Phi) is 3.50. The van der Waals surface area contributed by atoms with Gasteiger partial charge in [0.25, 0.3) is 0 Å². The molecule has 2 aromatic rings. The van der Waals surface area contributed by atoms with Gasteiger partial charge in [0.1, 0.15) is 11.6 Å². The number of anilines is 1. The van der Waals surface area contributed by atoms with Crippen molar-refractivity contribution in [1.82, 2.24) is 9.78 Å². The molecule has 1 heterocycles. The van der Waals surface area contributed by atoms with Gasteiger partial charge in [-0.2, -0.15) is 5.10 Å². The number of nitrogens with zero attached hydrogens (tertiary/aromatic N) is 2. The second-order valence-electron chi connectivity index (χ2n) is 6.17. The van der Waals surface area contributed by atoms with Gasteiger partial charge in [0.2, 0.25) is 0 Å². The van der Waals surface area contributed by atoms with Crippen molar-refractivity contribution in [3.8, 4) is 17.0 Å². The molecule has 0 saturated heterocycles. The maximum atomic E-state index is 5.90. The van der Waals surface area contributed by atoms with E-state index in [1.165, 1.54) is 5.56 Å². The van der Waals surface area contributed by atoms with Crippen LogP contribution in [0.4, 0.5) is 5.82 Å². The maximum Gasteiger partial charge on any atom is 0.132 e. The number of rotatable bonds is 2. The predicted octanol–water partition coefficient (Wildman–Crippen LogP) is 3.28. The summed E-state index contributed by atoms with van der Waals surface area (Å²) < 4.78 is 7.38. The Morgan fingerprint density at radius 2 is 1.90 bits per heavy atom. The van der Waals surface area contributed by atoms with Gasteiger partial charge in [-0.1, -0.05) is 32.9 Å². The molecule has 0 radical (unpaired) electrons. The van der Waals surface area contributed by atoms with Crippen molar-refractivity contribution >= 4 is 5.82 Å². The van der Waals surface area contributed by atoms with Gasteiger partial charge in [-0.3, -0.25) is 4.68 Å². The number of hydrogen-bond donors (Lipinski definition) is 1. The highest BCUT2D eigenvalue weighted by atomic mass is 16.5. The van der Waals surface area contributed by atoms with E-state index in [1.54, 1.807) is 11.8 Å². The molecule has 0 amide bonds. The minimum absolute atomic E-state index is 0.00805. The lowest BCUT2D eigenvalue weighted by molar-refractivity contribution is 0.399. The molecule has 2 rings (SSSR count). The summed E-state index contributed by atoms with van der Waals surface area (Å²) in [6, 6.07) is 6.13. The van der Waals surface area contributed by atoms with Gasteiger partial charge in [0.05, 0.1) is 12.8 Å². The van der Waals surface area contributed by atoms with Crippen LogP contribution >= 0.6 is 0 Å². The fourth-order valence-corrected chi connectivity index (χ4v) is 2.41. The molecule has 0 spiro atoms. The quantitative estimate of drug-likeness (QED) is 0.913. The molecule has 1 aromatic carbocycles. The van der Waals surface area contributed by atoms with Crippen molar-refractivity contribution in [1.29, 1.82) is 0 Å². The second-order valence-corrected chi connectivity index (χ2v) is 6.17. The molecule has 1 aromatic heterocycles. The van der Waals surface area contributed by atoms with E-state index in [1.807, 2.05) is 13.1 Å². The van der Waals surface area contributed by atoms with Crippen molar-refractivity contribution in [3.63, 3.8) is 0 Å². The van der Waals surface area contributed by atoms with E-state index in [2.05, 4.69) is 44.9 Å². The van der Waals surface area contributed by atoms with Gasteiger partial charge >= 0.3 is 0 Å². The monoisotopic (exact) mass is 273 g/mol. The lowest BCUT2D eigenvalue weighted by Crippen LogP contribution is -2.13. The zero-order chi connectivity index (χ0) is 15.1. The van der Waals surface area contributed by atoms with Gasteiger partial charge in [0.15, 0.2) is 0 Å². The van der Waals surface area contributed by atoms with E-state index in [-0.39, 0.29) is 5.41 Å². The molecule has 0 atom stereocenters. The molecule has 2 N–H and O–H groups in total. The number of nitrogens with two attached hydrogens (primary N) is 1. The summed E-state index contributed by atoms with van der Waals surface area (Å²) in [5, 5.41) is 4.48. The molecular weight excluding hydrogens is 250 g/mol. The van der Waals surface area contributed by atoms with Crippen molar-refractivity contribution < 1.29 is 4.74 Å². The molecule has 0 unspecified atom stereocenters. The average molecular weight is 273 g/mol. The Hall–Kier alpha value is -1.97. The molecule has 0 fully saturated rings. The topological polar surface area (TPSA) is 53.1 Å². The first-order valence-electron chi connectivity index (χ1n) is 6.73. The fraction of sp³-hybridized carbons (Fsp3) is 0.438. The highest BCUT2D eigenvalue weighted by molar-refractivity contribution is 5.75. The minimum Gasteiger partial charge on any atom is -0.496 e. The Balaban J connectivity index is 2.74. The molecule has 0 aliphatic rings. The van der Waals surface area contributed by atoms with E-state index < -0.39 is 0 Å². The third-order valence-corrected chi connectivity index (χ3v) is 3.55. The van der Waals surface area contributed by atoms with Gasteiger partial charge in [-0.15, -0.1) is 0 Å². The number of aryl methyl sites for hydroxylation is 2. The first-order valence-corrected chi connectivity index (χ1v) is 6.73. The van der Waals surface area contributed by atoms with E-state index in [4.69, 9.17) is 10.5 Å². The highest BCUT2D eigenvalue weighted by Crippen LogP contribution is 2.40. The smallest absolute Gasteiger partial charge is 0.132 e. The van der Waals surface area contributed by atoms with E-state index >= 15 is 0 Å². The van der Waals surface area contributed by atoms with Crippen molar-refractivity contribution in [2.45, 2.75) is 33.1 Å². The van der Waals surface area contributed by atoms with Gasteiger partial charge in [-0.25, -0.2) is 0 Å². The summed E-state index contributed by atoms with van der Waals surface area (Å²) >= 11 is 0. The summed E-state index contributed by atoms with van der Waals surface area (Å²) in [6.07, 6.45) is 0. The van der Waals surface area contributed by atoms with Crippen LogP contribution in [-0.4, -0.2) is 16.9 Å². The predicted molar refractivity (Wildman–Crippen MR) is 83.0 cm³/mol. The number of aromatic nitrogens is 2. The molecule has 20 heavy (non-hydrogen) atoms. The Bertz CT molecular complexity index is 616. The first kappa shape index (κ1) is 14.4. The highest BCUT2D eigenvalue weighted by Gasteiger charge is 2.24. The van der Waals surface area contributed by atoms with Crippen LogP contribution in [0.2, 0.25) is 0 Å². The molecule has 108 valence electrons. The van der Waals surface area contributed by atoms with Crippen LogP contribution in [-0.2, 0) is 12.5 Å². The lowest BCUT2D eigenvalue weighted by atomic mass is 9.83. The summed E-state index contributed by atoms with van der Waals surface area (Å²) in [5.74, 6) is 1.53. The molecule has 4 heteroatoms. The summed E-state index contributed by atoms with van der Waals surface area (Å²) in [6.45, 7) is 8.60. The number of ether oxygens (including phenoxy) is 1. The van der Waals surface area contributed by atoms with Crippen LogP contribution in [0.3, 0.4) is 0 Å². The van der Waals surface area contributed by atoms with Crippen LogP contribution in [0.15, 0.2) is 18.2 Å². The van der Waals surface area contributed by atoms with Crippen LogP contribution < -0.4 is 10.5 Å². The Morgan fingerprint density at radius 3 is 2.35 bits per heavy atom. The molecule has 0 aliphatic heterocycles. The zero-order valence-corrected chi connectivity index (χ0v) is 13.1.